The molecule has 0 spiro atoms. The van der Waals surface area contributed by atoms with Crippen molar-refractivity contribution in [3.63, 3.8) is 0 Å². The summed E-state index contributed by atoms with van der Waals surface area (Å²) in [6.45, 7) is 1.93. The van der Waals surface area contributed by atoms with Crippen LogP contribution in [-0.2, 0) is 14.9 Å². The summed E-state index contributed by atoms with van der Waals surface area (Å²) < 4.78 is 41.8. The minimum Gasteiger partial charge on any atom is -0.478 e. The van der Waals surface area contributed by atoms with Crippen molar-refractivity contribution in [2.45, 2.75) is 62.6 Å². The molecule has 33 heavy (non-hydrogen) atoms. The third-order valence-corrected chi connectivity index (χ3v) is 6.51. The second kappa shape index (κ2) is 7.69. The SMILES string of the molecule is C[C@@H]1C[C@H](NC(=O)C2(c3ccc4c(c3)OC(F)(F)O4)CC2)C[C@H](c2ccc(C(=O)O)cc2)O1. The molecule has 0 bridgehead atoms. The topological polar surface area (TPSA) is 94.1 Å². The summed E-state index contributed by atoms with van der Waals surface area (Å²) >= 11 is 0. The van der Waals surface area contributed by atoms with Gasteiger partial charge in [0.1, 0.15) is 0 Å². The third-order valence-electron chi connectivity index (χ3n) is 6.51. The molecule has 0 radical (unpaired) electrons. The second-order valence-electron chi connectivity index (χ2n) is 8.92. The molecule has 7 nitrogen and oxygen atoms in total. The molecule has 2 heterocycles. The molecule has 5 rings (SSSR count). The number of hydrogen-bond donors (Lipinski definition) is 2. The Morgan fingerprint density at radius 1 is 1.03 bits per heavy atom. The number of halogens is 2. The van der Waals surface area contributed by atoms with Crippen LogP contribution in [0.25, 0.3) is 0 Å². The number of carbonyl (C=O) groups is 2. The number of benzene rings is 2. The second-order valence-corrected chi connectivity index (χ2v) is 8.92. The van der Waals surface area contributed by atoms with E-state index >= 15 is 0 Å². The maximum atomic E-state index is 13.4. The molecule has 1 amide bonds. The van der Waals surface area contributed by atoms with Gasteiger partial charge in [-0.05, 0) is 68.0 Å². The number of nitrogens with one attached hydrogen (secondary N) is 1. The number of carbonyl (C=O) groups excluding carboxylic acids is 1. The van der Waals surface area contributed by atoms with Crippen LogP contribution in [0.5, 0.6) is 11.5 Å². The van der Waals surface area contributed by atoms with Crippen LogP contribution in [0.3, 0.4) is 0 Å². The van der Waals surface area contributed by atoms with E-state index in [1.165, 1.54) is 24.3 Å². The standard InChI is InChI=1S/C24H23F2NO6/c1-13-10-17(12-19(31-13)14-2-4-15(5-3-14)21(28)29)27-22(30)23(8-9-23)16-6-7-18-20(11-16)33-24(25,26)32-18/h2-7,11,13,17,19H,8-10,12H2,1H3,(H,27,30)(H,28,29)/t13-,17+,19-/m1/s1. The van der Waals surface area contributed by atoms with Crippen LogP contribution in [-0.4, -0.2) is 35.4 Å². The van der Waals surface area contributed by atoms with Crippen molar-refractivity contribution >= 4 is 11.9 Å². The Morgan fingerprint density at radius 2 is 1.73 bits per heavy atom. The minimum absolute atomic E-state index is 0.0463. The van der Waals surface area contributed by atoms with Gasteiger partial charge in [-0.1, -0.05) is 18.2 Å². The zero-order valence-corrected chi connectivity index (χ0v) is 17.8. The van der Waals surface area contributed by atoms with Gasteiger partial charge in [-0.2, -0.15) is 0 Å². The van der Waals surface area contributed by atoms with E-state index in [2.05, 4.69) is 14.8 Å². The van der Waals surface area contributed by atoms with Crippen LogP contribution < -0.4 is 14.8 Å². The van der Waals surface area contributed by atoms with E-state index in [-0.39, 0.29) is 41.2 Å². The number of alkyl halides is 2. The lowest BCUT2D eigenvalue weighted by Gasteiger charge is -2.35. The molecule has 2 N–H and O–H groups in total. The van der Waals surface area contributed by atoms with Crippen molar-refractivity contribution in [3.8, 4) is 11.5 Å². The Bertz CT molecular complexity index is 1100. The molecule has 2 aromatic rings. The molecular formula is C24H23F2NO6. The third kappa shape index (κ3) is 4.13. The molecule has 1 saturated carbocycles. The van der Waals surface area contributed by atoms with Crippen LogP contribution in [0.15, 0.2) is 42.5 Å². The molecule has 0 unspecified atom stereocenters. The van der Waals surface area contributed by atoms with Crippen molar-refractivity contribution < 1.29 is 37.7 Å². The van der Waals surface area contributed by atoms with E-state index in [9.17, 15) is 18.4 Å². The van der Waals surface area contributed by atoms with Gasteiger partial charge >= 0.3 is 12.3 Å². The molecule has 2 aliphatic heterocycles. The lowest BCUT2D eigenvalue weighted by molar-refractivity contribution is -0.286. The van der Waals surface area contributed by atoms with E-state index in [0.717, 1.165) is 5.56 Å². The highest BCUT2D eigenvalue weighted by Gasteiger charge is 2.53. The number of hydrogen-bond acceptors (Lipinski definition) is 5. The van der Waals surface area contributed by atoms with E-state index in [1.807, 2.05) is 6.92 Å². The summed E-state index contributed by atoms with van der Waals surface area (Å²) in [5.41, 5.74) is 0.908. The molecule has 0 aromatic heterocycles. The van der Waals surface area contributed by atoms with Gasteiger partial charge in [0, 0.05) is 6.04 Å². The Kier molecular flexibility index (Phi) is 5.04. The van der Waals surface area contributed by atoms with Crippen molar-refractivity contribution in [2.24, 2.45) is 0 Å². The molecule has 3 atom stereocenters. The Hall–Kier alpha value is -3.20. The zero-order valence-electron chi connectivity index (χ0n) is 17.8. The van der Waals surface area contributed by atoms with E-state index in [1.54, 1.807) is 18.2 Å². The van der Waals surface area contributed by atoms with Gasteiger partial charge in [0.25, 0.3) is 0 Å². The Morgan fingerprint density at radius 3 is 2.39 bits per heavy atom. The van der Waals surface area contributed by atoms with Crippen LogP contribution in [0.2, 0.25) is 0 Å². The van der Waals surface area contributed by atoms with Gasteiger partial charge < -0.3 is 24.6 Å². The van der Waals surface area contributed by atoms with Crippen LogP contribution in [0.1, 0.15) is 60.2 Å². The maximum Gasteiger partial charge on any atom is 0.586 e. The molecular weight excluding hydrogens is 436 g/mol. The Labute approximate surface area is 188 Å². The van der Waals surface area contributed by atoms with Crippen molar-refractivity contribution in [3.05, 3.63) is 59.2 Å². The fourth-order valence-corrected chi connectivity index (χ4v) is 4.66. The summed E-state index contributed by atoms with van der Waals surface area (Å²) in [6.07, 6.45) is -1.65. The number of aromatic carboxylic acids is 1. The molecule has 3 aliphatic rings. The fraction of sp³-hybridized carbons (Fsp3) is 0.417. The maximum absolute atomic E-state index is 13.4. The first kappa shape index (κ1) is 21.6. The van der Waals surface area contributed by atoms with Crippen molar-refractivity contribution in [1.82, 2.24) is 5.32 Å². The minimum atomic E-state index is -3.70. The highest BCUT2D eigenvalue weighted by Crippen LogP contribution is 2.52. The number of carboxylic acid groups (broad SMARTS) is 1. The quantitative estimate of drug-likeness (QED) is 0.697. The first-order valence-electron chi connectivity index (χ1n) is 10.9. The lowest BCUT2D eigenvalue weighted by Crippen LogP contribution is -2.46. The number of amides is 1. The first-order chi connectivity index (χ1) is 15.6. The molecule has 2 fully saturated rings. The molecule has 174 valence electrons. The summed E-state index contributed by atoms with van der Waals surface area (Å²) in [7, 11) is 0. The molecule has 9 heteroatoms. The van der Waals surface area contributed by atoms with Gasteiger partial charge in [0.05, 0.1) is 23.2 Å². The Balaban J connectivity index is 1.29. The largest absolute Gasteiger partial charge is 0.586 e. The monoisotopic (exact) mass is 459 g/mol. The number of rotatable bonds is 5. The smallest absolute Gasteiger partial charge is 0.478 e. The van der Waals surface area contributed by atoms with Crippen molar-refractivity contribution in [1.29, 1.82) is 0 Å². The summed E-state index contributed by atoms with van der Waals surface area (Å²) in [4.78, 5) is 24.3. The summed E-state index contributed by atoms with van der Waals surface area (Å²) in [5, 5.41) is 12.2. The van der Waals surface area contributed by atoms with E-state index < -0.39 is 17.7 Å². The lowest BCUT2D eigenvalue weighted by atomic mass is 9.91. The van der Waals surface area contributed by atoms with Crippen LogP contribution in [0.4, 0.5) is 8.78 Å². The van der Waals surface area contributed by atoms with Gasteiger partial charge in [0.15, 0.2) is 11.5 Å². The van der Waals surface area contributed by atoms with Gasteiger partial charge in [-0.3, -0.25) is 4.79 Å². The molecule has 1 saturated heterocycles. The van der Waals surface area contributed by atoms with Gasteiger partial charge in [0.2, 0.25) is 5.91 Å². The van der Waals surface area contributed by atoms with E-state index in [0.29, 0.717) is 31.2 Å². The molecule has 2 aromatic carbocycles. The van der Waals surface area contributed by atoms with E-state index in [4.69, 9.17) is 9.84 Å². The summed E-state index contributed by atoms with van der Waals surface area (Å²) in [6, 6.07) is 10.9. The van der Waals surface area contributed by atoms with Crippen molar-refractivity contribution in [2.75, 3.05) is 0 Å². The zero-order chi connectivity index (χ0) is 23.4. The van der Waals surface area contributed by atoms with Crippen LogP contribution >= 0.6 is 0 Å². The number of carboxylic acids is 1. The normalized spacial score (nSPS) is 26.5. The fourth-order valence-electron chi connectivity index (χ4n) is 4.66. The average molecular weight is 459 g/mol. The highest BCUT2D eigenvalue weighted by molar-refractivity contribution is 5.91. The predicted molar refractivity (Wildman–Crippen MR) is 111 cm³/mol. The molecule has 1 aliphatic carbocycles. The number of ether oxygens (including phenoxy) is 3. The van der Waals surface area contributed by atoms with Gasteiger partial charge in [-0.15, -0.1) is 8.78 Å². The predicted octanol–water partition coefficient (Wildman–Crippen LogP) is 4.16. The van der Waals surface area contributed by atoms with Gasteiger partial charge in [-0.25, -0.2) is 4.79 Å². The number of fused-ring (bicyclic) bond motifs is 1. The average Bonchev–Trinajstić information content (AvgIpc) is 3.50. The first-order valence-corrected chi connectivity index (χ1v) is 10.9. The van der Waals surface area contributed by atoms with Crippen LogP contribution in [0, 0.1) is 0 Å². The summed E-state index contributed by atoms with van der Waals surface area (Å²) in [5.74, 6) is -1.25. The highest BCUT2D eigenvalue weighted by atomic mass is 19.3.